The number of rotatable bonds is 0. The second-order valence-electron chi connectivity index (χ2n) is 6.28. The van der Waals surface area contributed by atoms with Crippen molar-refractivity contribution < 1.29 is 9.59 Å². The minimum absolute atomic E-state index is 0.0502. The number of ketones is 2. The third-order valence-corrected chi connectivity index (χ3v) is 4.12. The number of Topliss-reactive ketones (excluding diaryl/α,β-unsaturated/α-hetero) is 2. The van der Waals surface area contributed by atoms with Crippen LogP contribution in [0.4, 0.5) is 0 Å². The molecule has 0 N–H and O–H groups in total. The largest absolute Gasteiger partial charge is 0.300 e. The van der Waals surface area contributed by atoms with Gasteiger partial charge >= 0.3 is 0 Å². The van der Waals surface area contributed by atoms with Crippen molar-refractivity contribution >= 4 is 11.6 Å². The molecule has 0 aliphatic heterocycles. The maximum atomic E-state index is 11.9. The van der Waals surface area contributed by atoms with E-state index in [9.17, 15) is 9.59 Å². The van der Waals surface area contributed by atoms with Crippen molar-refractivity contribution in [2.45, 2.75) is 46.5 Å². The molecule has 0 radical (unpaired) electrons. The molecule has 2 nitrogen and oxygen atoms in total. The predicted octanol–water partition coefficient (Wildman–Crippen LogP) is 2.61. The Bertz CT molecular complexity index is 278. The van der Waals surface area contributed by atoms with Gasteiger partial charge in [0.1, 0.15) is 11.6 Å². The monoisotopic (exact) mass is 208 g/mol. The summed E-state index contributed by atoms with van der Waals surface area (Å²) < 4.78 is 0. The summed E-state index contributed by atoms with van der Waals surface area (Å²) in [5, 5.41) is 0. The van der Waals surface area contributed by atoms with Crippen LogP contribution < -0.4 is 0 Å². The third-order valence-electron chi connectivity index (χ3n) is 4.12. The van der Waals surface area contributed by atoms with Gasteiger partial charge in [-0.1, -0.05) is 20.8 Å². The normalized spacial score (nSPS) is 36.9. The minimum Gasteiger partial charge on any atom is -0.300 e. The molecule has 2 unspecified atom stereocenters. The van der Waals surface area contributed by atoms with E-state index in [1.807, 2.05) is 0 Å². The zero-order valence-electron chi connectivity index (χ0n) is 9.88. The van der Waals surface area contributed by atoms with Crippen molar-refractivity contribution in [2.75, 3.05) is 0 Å². The van der Waals surface area contributed by atoms with Crippen molar-refractivity contribution in [2.24, 2.45) is 23.2 Å². The molecule has 0 aromatic carbocycles. The van der Waals surface area contributed by atoms with Crippen LogP contribution in [-0.4, -0.2) is 11.6 Å². The topological polar surface area (TPSA) is 34.1 Å². The van der Waals surface area contributed by atoms with Gasteiger partial charge in [0.2, 0.25) is 0 Å². The van der Waals surface area contributed by atoms with Crippen LogP contribution in [0.2, 0.25) is 0 Å². The number of hydrogen-bond acceptors (Lipinski definition) is 2. The second kappa shape index (κ2) is 3.43. The first-order valence-corrected chi connectivity index (χ1v) is 5.93. The first kappa shape index (κ1) is 10.8. The molecule has 2 heteroatoms. The summed E-state index contributed by atoms with van der Waals surface area (Å²) in [5.41, 5.74) is 0.275. The van der Waals surface area contributed by atoms with Gasteiger partial charge in [-0.25, -0.2) is 0 Å². The quantitative estimate of drug-likeness (QED) is 0.613. The average Bonchev–Trinajstić information content (AvgIpc) is 2.05. The number of fused-ring (bicyclic) bond motifs is 2. The van der Waals surface area contributed by atoms with Gasteiger partial charge in [0.15, 0.2) is 0 Å². The molecular formula is C13H20O2. The summed E-state index contributed by atoms with van der Waals surface area (Å²) in [7, 11) is 0. The highest BCUT2D eigenvalue weighted by atomic mass is 16.1. The second-order valence-corrected chi connectivity index (χ2v) is 6.28. The number of carbonyl (C=O) groups is 2. The Labute approximate surface area is 91.4 Å². The van der Waals surface area contributed by atoms with Gasteiger partial charge in [0.25, 0.3) is 0 Å². The molecule has 0 saturated heterocycles. The Balaban J connectivity index is 2.16. The first-order valence-electron chi connectivity index (χ1n) is 5.93. The standard InChI is InChI=1S/C13H20O2/c1-13(2,3)10-4-8-6-11(14)7-9(5-10)12(8)15/h8-10H,4-7H2,1-3H3. The van der Waals surface area contributed by atoms with E-state index in [-0.39, 0.29) is 17.3 Å². The van der Waals surface area contributed by atoms with Crippen LogP contribution in [0.15, 0.2) is 0 Å². The molecule has 15 heavy (non-hydrogen) atoms. The van der Waals surface area contributed by atoms with Crippen LogP contribution >= 0.6 is 0 Å². The average molecular weight is 208 g/mol. The van der Waals surface area contributed by atoms with Crippen molar-refractivity contribution in [1.29, 1.82) is 0 Å². The fraction of sp³-hybridized carbons (Fsp3) is 0.846. The van der Waals surface area contributed by atoms with E-state index in [1.165, 1.54) is 0 Å². The Hall–Kier alpha value is -0.660. The predicted molar refractivity (Wildman–Crippen MR) is 58.4 cm³/mol. The van der Waals surface area contributed by atoms with Gasteiger partial charge in [-0.15, -0.1) is 0 Å². The van der Waals surface area contributed by atoms with Crippen molar-refractivity contribution in [3.63, 3.8) is 0 Å². The van der Waals surface area contributed by atoms with E-state index in [0.717, 1.165) is 12.8 Å². The lowest BCUT2D eigenvalue weighted by Gasteiger charge is -2.42. The van der Waals surface area contributed by atoms with Crippen LogP contribution in [0, 0.1) is 23.2 Å². The highest BCUT2D eigenvalue weighted by Gasteiger charge is 2.44. The Morgan fingerprint density at radius 2 is 1.47 bits per heavy atom. The van der Waals surface area contributed by atoms with Crippen LogP contribution in [0.3, 0.4) is 0 Å². The molecule has 2 aliphatic carbocycles. The minimum atomic E-state index is 0.0502. The molecule has 0 aromatic heterocycles. The smallest absolute Gasteiger partial charge is 0.139 e. The lowest BCUT2D eigenvalue weighted by molar-refractivity contribution is -0.142. The van der Waals surface area contributed by atoms with Gasteiger partial charge < -0.3 is 0 Å². The molecule has 0 spiro atoms. The summed E-state index contributed by atoms with van der Waals surface area (Å²) >= 11 is 0. The summed E-state index contributed by atoms with van der Waals surface area (Å²) in [4.78, 5) is 23.3. The highest BCUT2D eigenvalue weighted by molar-refractivity contribution is 5.96. The van der Waals surface area contributed by atoms with Gasteiger partial charge in [-0.2, -0.15) is 0 Å². The molecule has 2 aliphatic rings. The fourth-order valence-electron chi connectivity index (χ4n) is 3.06. The molecule has 2 bridgehead atoms. The van der Waals surface area contributed by atoms with E-state index in [2.05, 4.69) is 20.8 Å². The molecular weight excluding hydrogens is 188 g/mol. The third kappa shape index (κ3) is 1.99. The van der Waals surface area contributed by atoms with Crippen LogP contribution in [0.1, 0.15) is 46.5 Å². The Kier molecular flexibility index (Phi) is 2.48. The molecule has 2 atom stereocenters. The fourth-order valence-corrected chi connectivity index (χ4v) is 3.06. The van der Waals surface area contributed by atoms with E-state index in [1.54, 1.807) is 0 Å². The van der Waals surface area contributed by atoms with Crippen molar-refractivity contribution in [1.82, 2.24) is 0 Å². The molecule has 2 rings (SSSR count). The Morgan fingerprint density at radius 3 is 1.87 bits per heavy atom. The lowest BCUT2D eigenvalue weighted by atomic mass is 9.61. The molecule has 2 saturated carbocycles. The van der Waals surface area contributed by atoms with Crippen LogP contribution in [0.5, 0.6) is 0 Å². The summed E-state index contributed by atoms with van der Waals surface area (Å²) in [6, 6.07) is 0. The van der Waals surface area contributed by atoms with Gasteiger partial charge in [-0.3, -0.25) is 9.59 Å². The van der Waals surface area contributed by atoms with E-state index >= 15 is 0 Å². The zero-order valence-corrected chi connectivity index (χ0v) is 9.88. The van der Waals surface area contributed by atoms with Crippen LogP contribution in [-0.2, 0) is 9.59 Å². The number of hydrogen-bond donors (Lipinski definition) is 0. The summed E-state index contributed by atoms with van der Waals surface area (Å²) in [6.07, 6.45) is 2.90. The Morgan fingerprint density at radius 1 is 1.00 bits per heavy atom. The van der Waals surface area contributed by atoms with Gasteiger partial charge in [0.05, 0.1) is 0 Å². The zero-order chi connectivity index (χ0) is 11.2. The van der Waals surface area contributed by atoms with Crippen molar-refractivity contribution in [3.8, 4) is 0 Å². The molecule has 2 fully saturated rings. The summed E-state index contributed by atoms with van der Waals surface area (Å²) in [5.74, 6) is 1.38. The van der Waals surface area contributed by atoms with Gasteiger partial charge in [0, 0.05) is 24.7 Å². The van der Waals surface area contributed by atoms with Crippen LogP contribution in [0.25, 0.3) is 0 Å². The highest BCUT2D eigenvalue weighted by Crippen LogP contribution is 2.45. The number of carbonyl (C=O) groups excluding carboxylic acids is 2. The maximum Gasteiger partial charge on any atom is 0.139 e. The molecule has 0 amide bonds. The van der Waals surface area contributed by atoms with E-state index < -0.39 is 0 Å². The molecule has 0 heterocycles. The van der Waals surface area contributed by atoms with Gasteiger partial charge in [-0.05, 0) is 24.2 Å². The van der Waals surface area contributed by atoms with E-state index in [0.29, 0.717) is 30.3 Å². The SMILES string of the molecule is CC(C)(C)C1CC2CC(=O)CC(C1)C2=O. The summed E-state index contributed by atoms with van der Waals surface area (Å²) in [6.45, 7) is 6.72. The maximum absolute atomic E-state index is 11.9. The van der Waals surface area contributed by atoms with Crippen molar-refractivity contribution in [3.05, 3.63) is 0 Å². The molecule has 0 aromatic rings. The first-order chi connectivity index (χ1) is 6.88. The van der Waals surface area contributed by atoms with E-state index in [4.69, 9.17) is 0 Å². The lowest BCUT2D eigenvalue weighted by Crippen LogP contribution is -2.43. The molecule has 84 valence electrons.